The lowest BCUT2D eigenvalue weighted by molar-refractivity contribution is 0.640. The van der Waals surface area contributed by atoms with Crippen LogP contribution in [0.15, 0.2) is 55.1 Å². The highest BCUT2D eigenvalue weighted by atomic mass is 15.4. The zero-order chi connectivity index (χ0) is 14.4. The van der Waals surface area contributed by atoms with Crippen molar-refractivity contribution in [1.29, 1.82) is 0 Å². The fourth-order valence-electron chi connectivity index (χ4n) is 1.97. The highest BCUT2D eigenvalue weighted by Gasteiger charge is 1.98. The van der Waals surface area contributed by atoms with Crippen LogP contribution < -0.4 is 10.9 Å². The van der Waals surface area contributed by atoms with Crippen LogP contribution in [0.4, 0.5) is 0 Å². The van der Waals surface area contributed by atoms with E-state index >= 15 is 0 Å². The van der Waals surface area contributed by atoms with E-state index in [9.17, 15) is 0 Å². The maximum Gasteiger partial charge on any atom is 0.0488 e. The number of hydrazine groups is 1. The van der Waals surface area contributed by atoms with Crippen molar-refractivity contribution >= 4 is 5.70 Å². The maximum absolute atomic E-state index is 4.04. The van der Waals surface area contributed by atoms with Crippen LogP contribution >= 0.6 is 0 Å². The van der Waals surface area contributed by atoms with Crippen LogP contribution in [0.3, 0.4) is 0 Å². The predicted molar refractivity (Wildman–Crippen MR) is 86.0 cm³/mol. The van der Waals surface area contributed by atoms with Gasteiger partial charge in [0.1, 0.15) is 0 Å². The first-order valence-electron chi connectivity index (χ1n) is 7.01. The highest BCUT2D eigenvalue weighted by Crippen LogP contribution is 2.10. The summed E-state index contributed by atoms with van der Waals surface area (Å²) in [7, 11) is 0. The number of benzene rings is 2. The standard InChI is InChI=1S/C18H22N2/c1-4-16-7-9-17(10-8-16)13-19-20-15(3)18-11-5-14(2)6-12-18/h5-12,19-20H,3-4,13H2,1-2H3. The van der Waals surface area contributed by atoms with Gasteiger partial charge in [-0.15, -0.1) is 0 Å². The summed E-state index contributed by atoms with van der Waals surface area (Å²) in [6, 6.07) is 17.0. The van der Waals surface area contributed by atoms with E-state index in [1.807, 2.05) is 0 Å². The summed E-state index contributed by atoms with van der Waals surface area (Å²) in [6.45, 7) is 9.06. The second-order valence-corrected chi connectivity index (χ2v) is 4.99. The van der Waals surface area contributed by atoms with E-state index in [1.54, 1.807) is 0 Å². The Labute approximate surface area is 121 Å². The van der Waals surface area contributed by atoms with Crippen LogP contribution in [0.2, 0.25) is 0 Å². The van der Waals surface area contributed by atoms with Crippen LogP contribution in [0.1, 0.15) is 29.2 Å². The fourth-order valence-corrected chi connectivity index (χ4v) is 1.97. The Hall–Kier alpha value is -2.06. The SMILES string of the molecule is C=C(NNCc1ccc(CC)cc1)c1ccc(C)cc1. The molecule has 0 atom stereocenters. The molecular formula is C18H22N2. The lowest BCUT2D eigenvalue weighted by atomic mass is 10.1. The number of hydrogen-bond donors (Lipinski definition) is 2. The first-order valence-corrected chi connectivity index (χ1v) is 7.01. The third kappa shape index (κ3) is 3.97. The Balaban J connectivity index is 1.82. The van der Waals surface area contributed by atoms with Gasteiger partial charge in [-0.3, -0.25) is 0 Å². The van der Waals surface area contributed by atoms with Crippen molar-refractivity contribution in [3.05, 3.63) is 77.4 Å². The number of nitrogens with one attached hydrogen (secondary N) is 2. The van der Waals surface area contributed by atoms with Crippen molar-refractivity contribution in [2.24, 2.45) is 0 Å². The fraction of sp³-hybridized carbons (Fsp3) is 0.222. The monoisotopic (exact) mass is 266 g/mol. The van der Waals surface area contributed by atoms with Gasteiger partial charge >= 0.3 is 0 Å². The number of hydrogen-bond acceptors (Lipinski definition) is 2. The van der Waals surface area contributed by atoms with Gasteiger partial charge in [-0.25, -0.2) is 5.43 Å². The first kappa shape index (κ1) is 14.4. The molecule has 2 aromatic carbocycles. The summed E-state index contributed by atoms with van der Waals surface area (Å²) in [4.78, 5) is 0. The summed E-state index contributed by atoms with van der Waals surface area (Å²) in [5, 5.41) is 0. The molecule has 0 fully saturated rings. The molecule has 0 amide bonds. The summed E-state index contributed by atoms with van der Waals surface area (Å²) in [5.41, 5.74) is 12.2. The van der Waals surface area contributed by atoms with Gasteiger partial charge in [0.05, 0.1) is 0 Å². The van der Waals surface area contributed by atoms with Crippen LogP contribution in [0.5, 0.6) is 0 Å². The van der Waals surface area contributed by atoms with Crippen molar-refractivity contribution in [2.75, 3.05) is 0 Å². The van der Waals surface area contributed by atoms with Crippen LogP contribution in [0.25, 0.3) is 5.70 Å². The Morgan fingerprint density at radius 2 is 1.55 bits per heavy atom. The minimum absolute atomic E-state index is 0.773. The van der Waals surface area contributed by atoms with Crippen molar-refractivity contribution in [1.82, 2.24) is 10.9 Å². The Morgan fingerprint density at radius 3 is 2.15 bits per heavy atom. The summed E-state index contributed by atoms with van der Waals surface area (Å²) >= 11 is 0. The van der Waals surface area contributed by atoms with Gasteiger partial charge < -0.3 is 5.43 Å². The minimum Gasteiger partial charge on any atom is -0.321 e. The third-order valence-corrected chi connectivity index (χ3v) is 3.36. The molecule has 104 valence electrons. The average Bonchev–Trinajstić information content (AvgIpc) is 2.48. The second kappa shape index (κ2) is 6.92. The number of aryl methyl sites for hydroxylation is 2. The molecule has 0 unspecified atom stereocenters. The van der Waals surface area contributed by atoms with E-state index in [-0.39, 0.29) is 0 Å². The van der Waals surface area contributed by atoms with E-state index in [4.69, 9.17) is 0 Å². The molecule has 2 heteroatoms. The van der Waals surface area contributed by atoms with Crippen LogP contribution in [0, 0.1) is 6.92 Å². The van der Waals surface area contributed by atoms with Crippen molar-refractivity contribution in [2.45, 2.75) is 26.8 Å². The van der Waals surface area contributed by atoms with E-state index in [1.165, 1.54) is 16.7 Å². The molecule has 0 aromatic heterocycles. The lowest BCUT2D eigenvalue weighted by Crippen LogP contribution is -2.29. The molecule has 0 saturated heterocycles. The van der Waals surface area contributed by atoms with Gasteiger partial charge in [0, 0.05) is 12.2 Å². The minimum atomic E-state index is 0.773. The molecule has 0 spiro atoms. The predicted octanol–water partition coefficient (Wildman–Crippen LogP) is 3.82. The molecule has 0 bridgehead atoms. The Kier molecular flexibility index (Phi) is 4.97. The van der Waals surface area contributed by atoms with Crippen LogP contribution in [-0.4, -0.2) is 0 Å². The van der Waals surface area contributed by atoms with Crippen molar-refractivity contribution < 1.29 is 0 Å². The summed E-state index contributed by atoms with van der Waals surface area (Å²) < 4.78 is 0. The molecule has 2 N–H and O–H groups in total. The van der Waals surface area contributed by atoms with Gasteiger partial charge in [0.15, 0.2) is 0 Å². The lowest BCUT2D eigenvalue weighted by Gasteiger charge is -2.12. The van der Waals surface area contributed by atoms with Crippen molar-refractivity contribution in [3.8, 4) is 0 Å². The molecule has 0 radical (unpaired) electrons. The first-order chi connectivity index (χ1) is 9.69. The summed E-state index contributed by atoms with van der Waals surface area (Å²) in [6.07, 6.45) is 1.08. The topological polar surface area (TPSA) is 24.1 Å². The molecule has 2 aromatic rings. The van der Waals surface area contributed by atoms with Gasteiger partial charge in [0.25, 0.3) is 0 Å². The molecule has 20 heavy (non-hydrogen) atoms. The zero-order valence-electron chi connectivity index (χ0n) is 12.2. The molecule has 0 aliphatic rings. The molecular weight excluding hydrogens is 244 g/mol. The molecule has 0 aliphatic heterocycles. The zero-order valence-corrected chi connectivity index (χ0v) is 12.2. The third-order valence-electron chi connectivity index (χ3n) is 3.36. The normalized spacial score (nSPS) is 10.3. The van der Waals surface area contributed by atoms with Crippen LogP contribution in [-0.2, 0) is 13.0 Å². The molecule has 2 rings (SSSR count). The molecule has 0 aliphatic carbocycles. The Bertz CT molecular complexity index is 553. The average molecular weight is 266 g/mol. The van der Waals surface area contributed by atoms with E-state index < -0.39 is 0 Å². The maximum atomic E-state index is 4.04. The van der Waals surface area contributed by atoms with Crippen molar-refractivity contribution in [3.63, 3.8) is 0 Å². The second-order valence-electron chi connectivity index (χ2n) is 4.99. The molecule has 0 saturated carbocycles. The summed E-state index contributed by atoms with van der Waals surface area (Å²) in [5.74, 6) is 0. The molecule has 0 heterocycles. The van der Waals surface area contributed by atoms with E-state index in [0.29, 0.717) is 0 Å². The van der Waals surface area contributed by atoms with E-state index in [0.717, 1.165) is 24.2 Å². The van der Waals surface area contributed by atoms with Gasteiger partial charge in [-0.1, -0.05) is 67.6 Å². The van der Waals surface area contributed by atoms with Gasteiger partial charge in [-0.2, -0.15) is 0 Å². The van der Waals surface area contributed by atoms with E-state index in [2.05, 4.69) is 79.8 Å². The quantitative estimate of drug-likeness (QED) is 0.777. The Morgan fingerprint density at radius 1 is 0.950 bits per heavy atom. The van der Waals surface area contributed by atoms with Gasteiger partial charge in [-0.05, 0) is 30.0 Å². The largest absolute Gasteiger partial charge is 0.321 e. The van der Waals surface area contributed by atoms with Gasteiger partial charge in [0.2, 0.25) is 0 Å². The molecule has 2 nitrogen and oxygen atoms in total. The highest BCUT2D eigenvalue weighted by molar-refractivity contribution is 5.61. The smallest absolute Gasteiger partial charge is 0.0488 e. The number of rotatable bonds is 6.